The van der Waals surface area contributed by atoms with E-state index < -0.39 is 0 Å². The molecule has 0 aliphatic rings. The Labute approximate surface area is 99.7 Å². The molecule has 0 saturated carbocycles. The quantitative estimate of drug-likeness (QED) is 0.338. The summed E-state index contributed by atoms with van der Waals surface area (Å²) >= 11 is 0. The van der Waals surface area contributed by atoms with Crippen molar-refractivity contribution < 1.29 is 4.84 Å². The van der Waals surface area contributed by atoms with Crippen LogP contribution in [0, 0.1) is 0 Å². The van der Waals surface area contributed by atoms with Crippen LogP contribution in [0.5, 0.6) is 0 Å². The second-order valence-electron chi connectivity index (χ2n) is 3.16. The molecule has 0 atom stereocenters. The van der Waals surface area contributed by atoms with Crippen molar-refractivity contribution in [3.63, 3.8) is 0 Å². The van der Waals surface area contributed by atoms with Crippen molar-refractivity contribution in [2.75, 3.05) is 6.61 Å². The van der Waals surface area contributed by atoms with Crippen LogP contribution in [0.2, 0.25) is 0 Å². The number of hydrogen-bond donors (Lipinski definition) is 2. The van der Waals surface area contributed by atoms with Gasteiger partial charge in [-0.2, -0.15) is 5.10 Å². The van der Waals surface area contributed by atoms with Gasteiger partial charge in [-0.05, 0) is 12.5 Å². The van der Waals surface area contributed by atoms with Gasteiger partial charge in [0.05, 0.1) is 11.9 Å². The summed E-state index contributed by atoms with van der Waals surface area (Å²) < 4.78 is 0. The molecule has 17 heavy (non-hydrogen) atoms. The number of guanidine groups is 1. The maximum Gasteiger partial charge on any atom is 0.211 e. The first-order valence-corrected chi connectivity index (χ1v) is 5.02. The standard InChI is InChI=1S/C11H15N5O/c1-9(10-5-3-2-4-6-10)16-17-8-7-14-15-11(12)13/h2-7H,8H2,1H3,(H4,12,13,15)/b14-7+,16-9+. The van der Waals surface area contributed by atoms with Crippen molar-refractivity contribution in [1.82, 2.24) is 0 Å². The fourth-order valence-corrected chi connectivity index (χ4v) is 1.04. The lowest BCUT2D eigenvalue weighted by molar-refractivity contribution is 0.187. The Bertz CT molecular complexity index is 421. The maximum absolute atomic E-state index is 5.08. The van der Waals surface area contributed by atoms with Gasteiger partial charge in [0.1, 0.15) is 0 Å². The van der Waals surface area contributed by atoms with Crippen molar-refractivity contribution in [2.24, 2.45) is 26.8 Å². The molecule has 0 fully saturated rings. The second kappa shape index (κ2) is 7.00. The van der Waals surface area contributed by atoms with Gasteiger partial charge < -0.3 is 16.3 Å². The molecule has 0 aliphatic heterocycles. The Balaban J connectivity index is 2.40. The van der Waals surface area contributed by atoms with E-state index in [9.17, 15) is 0 Å². The van der Waals surface area contributed by atoms with Crippen LogP contribution in [0.4, 0.5) is 0 Å². The number of hydrogen-bond acceptors (Lipinski definition) is 4. The summed E-state index contributed by atoms with van der Waals surface area (Å²) in [5, 5.41) is 10.9. The molecule has 0 bridgehead atoms. The fourth-order valence-electron chi connectivity index (χ4n) is 1.04. The number of rotatable bonds is 5. The van der Waals surface area contributed by atoms with Gasteiger partial charge in [-0.15, -0.1) is 5.10 Å². The number of oxime groups is 1. The summed E-state index contributed by atoms with van der Waals surface area (Å²) in [6.45, 7) is 2.07. The van der Waals surface area contributed by atoms with Gasteiger partial charge in [-0.25, -0.2) is 0 Å². The molecule has 6 nitrogen and oxygen atoms in total. The fraction of sp³-hybridized carbons (Fsp3) is 0.182. The van der Waals surface area contributed by atoms with E-state index in [1.807, 2.05) is 37.3 Å². The molecule has 0 heterocycles. The molecule has 4 N–H and O–H groups in total. The molecular formula is C11H15N5O. The summed E-state index contributed by atoms with van der Waals surface area (Å²) in [5.41, 5.74) is 12.0. The highest BCUT2D eigenvalue weighted by Gasteiger charge is 1.94. The summed E-state index contributed by atoms with van der Waals surface area (Å²) in [5.74, 6) is -0.0924. The van der Waals surface area contributed by atoms with Gasteiger partial charge in [-0.3, -0.25) is 0 Å². The third-order valence-electron chi connectivity index (χ3n) is 1.80. The van der Waals surface area contributed by atoms with Gasteiger partial charge in [0.25, 0.3) is 0 Å². The lowest BCUT2D eigenvalue weighted by atomic mass is 10.1. The summed E-state index contributed by atoms with van der Waals surface area (Å²) in [7, 11) is 0. The highest BCUT2D eigenvalue weighted by atomic mass is 16.6. The summed E-state index contributed by atoms with van der Waals surface area (Å²) in [6, 6.07) is 9.73. The highest BCUT2D eigenvalue weighted by molar-refractivity contribution is 5.98. The molecule has 0 aromatic heterocycles. The van der Waals surface area contributed by atoms with Gasteiger partial charge in [0.2, 0.25) is 5.96 Å². The molecule has 0 unspecified atom stereocenters. The maximum atomic E-state index is 5.08. The van der Waals surface area contributed by atoms with E-state index in [4.69, 9.17) is 16.3 Å². The largest absolute Gasteiger partial charge is 0.390 e. The normalized spacial score (nSPS) is 11.5. The predicted molar refractivity (Wildman–Crippen MR) is 68.9 cm³/mol. The average molecular weight is 233 g/mol. The van der Waals surface area contributed by atoms with Crippen LogP contribution in [-0.2, 0) is 4.84 Å². The van der Waals surface area contributed by atoms with E-state index in [0.717, 1.165) is 11.3 Å². The summed E-state index contributed by atoms with van der Waals surface area (Å²) in [4.78, 5) is 5.02. The third-order valence-corrected chi connectivity index (χ3v) is 1.80. The Kier molecular flexibility index (Phi) is 5.23. The molecule has 90 valence electrons. The van der Waals surface area contributed by atoms with Crippen molar-refractivity contribution in [3.8, 4) is 0 Å². The van der Waals surface area contributed by atoms with Crippen molar-refractivity contribution in [3.05, 3.63) is 35.9 Å². The molecule has 0 aliphatic carbocycles. The van der Waals surface area contributed by atoms with E-state index >= 15 is 0 Å². The zero-order valence-corrected chi connectivity index (χ0v) is 9.58. The highest BCUT2D eigenvalue weighted by Crippen LogP contribution is 2.00. The van der Waals surface area contributed by atoms with Crippen LogP contribution >= 0.6 is 0 Å². The SMILES string of the molecule is C/C(=N\OC/C=N/N=C(N)N)c1ccccc1. The number of nitrogens with two attached hydrogens (primary N) is 2. The zero-order valence-electron chi connectivity index (χ0n) is 9.58. The molecule has 0 amide bonds. The third kappa shape index (κ3) is 5.31. The van der Waals surface area contributed by atoms with E-state index in [2.05, 4.69) is 15.4 Å². The first-order valence-electron chi connectivity index (χ1n) is 5.02. The van der Waals surface area contributed by atoms with Gasteiger partial charge >= 0.3 is 0 Å². The first kappa shape index (κ1) is 12.7. The number of nitrogens with zero attached hydrogens (tertiary/aromatic N) is 3. The average Bonchev–Trinajstić information content (AvgIpc) is 2.34. The molecule has 0 spiro atoms. The minimum atomic E-state index is -0.0924. The van der Waals surface area contributed by atoms with Gasteiger partial charge in [0, 0.05) is 0 Å². The Morgan fingerprint density at radius 1 is 1.29 bits per heavy atom. The predicted octanol–water partition coefficient (Wildman–Crippen LogP) is 0.686. The summed E-state index contributed by atoms with van der Waals surface area (Å²) in [6.07, 6.45) is 1.42. The van der Waals surface area contributed by atoms with E-state index in [1.54, 1.807) is 0 Å². The minimum Gasteiger partial charge on any atom is -0.390 e. The van der Waals surface area contributed by atoms with E-state index in [0.29, 0.717) is 0 Å². The Morgan fingerprint density at radius 3 is 2.65 bits per heavy atom. The molecule has 1 rings (SSSR count). The lowest BCUT2D eigenvalue weighted by Gasteiger charge is -1.99. The number of benzene rings is 1. The Hall–Kier alpha value is -2.37. The Morgan fingerprint density at radius 2 is 2.00 bits per heavy atom. The van der Waals surface area contributed by atoms with Crippen molar-refractivity contribution in [2.45, 2.75) is 6.92 Å². The van der Waals surface area contributed by atoms with Gasteiger partial charge in [-0.1, -0.05) is 35.5 Å². The van der Waals surface area contributed by atoms with Gasteiger partial charge in [0.15, 0.2) is 6.61 Å². The molecule has 0 radical (unpaired) electrons. The first-order chi connectivity index (χ1) is 8.20. The molecular weight excluding hydrogens is 218 g/mol. The van der Waals surface area contributed by atoms with Crippen LogP contribution in [0.25, 0.3) is 0 Å². The van der Waals surface area contributed by atoms with Crippen LogP contribution < -0.4 is 11.5 Å². The second-order valence-corrected chi connectivity index (χ2v) is 3.16. The van der Waals surface area contributed by atoms with E-state index in [1.165, 1.54) is 6.21 Å². The van der Waals surface area contributed by atoms with E-state index in [-0.39, 0.29) is 12.6 Å². The van der Waals surface area contributed by atoms with Crippen LogP contribution in [0.3, 0.4) is 0 Å². The van der Waals surface area contributed by atoms with Crippen LogP contribution in [0.1, 0.15) is 12.5 Å². The monoisotopic (exact) mass is 233 g/mol. The molecule has 0 saturated heterocycles. The lowest BCUT2D eigenvalue weighted by Crippen LogP contribution is -2.21. The zero-order chi connectivity index (χ0) is 12.5. The molecule has 1 aromatic carbocycles. The van der Waals surface area contributed by atoms with Crippen molar-refractivity contribution >= 4 is 17.9 Å². The molecule has 6 heteroatoms. The smallest absolute Gasteiger partial charge is 0.211 e. The van der Waals surface area contributed by atoms with Crippen molar-refractivity contribution in [1.29, 1.82) is 0 Å². The van der Waals surface area contributed by atoms with Crippen LogP contribution in [0.15, 0.2) is 45.7 Å². The topological polar surface area (TPSA) is 98.3 Å². The van der Waals surface area contributed by atoms with Crippen LogP contribution in [-0.4, -0.2) is 24.5 Å². The molecule has 1 aromatic rings. The minimum absolute atomic E-state index is 0.0924.